The molecule has 0 spiro atoms. The fraction of sp³-hybridized carbons (Fsp3) is 0.464. The van der Waals surface area contributed by atoms with E-state index in [-0.39, 0.29) is 109 Å². The fourth-order valence-electron chi connectivity index (χ4n) is 12.1. The normalized spacial score (nSPS) is 22.3. The number of nitrogens with one attached hydrogen (secondary N) is 5. The summed E-state index contributed by atoms with van der Waals surface area (Å²) in [4.78, 5) is 159. The molecule has 4 aliphatic rings. The molecule has 5 heterocycles. The molecule has 1 saturated carbocycles. The number of aryl methyl sites for hydroxylation is 1. The molecule has 1 aliphatic carbocycles. The lowest BCUT2D eigenvalue weighted by molar-refractivity contribution is -0.146. The Hall–Kier alpha value is -7.80. The van der Waals surface area contributed by atoms with Crippen molar-refractivity contribution in [2.75, 3.05) is 19.3 Å². The summed E-state index contributed by atoms with van der Waals surface area (Å²) in [5, 5.41) is 10.9. The number of imide groups is 1. The first-order valence-electron chi connectivity index (χ1n) is 27.6. The van der Waals surface area contributed by atoms with E-state index in [4.69, 9.17) is 5.73 Å². The van der Waals surface area contributed by atoms with Crippen molar-refractivity contribution >= 4 is 92.2 Å². The lowest BCUT2D eigenvalue weighted by Crippen LogP contribution is -2.62. The Balaban J connectivity index is 0.895. The molecule has 8 amide bonds. The van der Waals surface area contributed by atoms with Gasteiger partial charge in [-0.1, -0.05) is 18.2 Å². The molecule has 442 valence electrons. The number of hydrogen-bond donors (Lipinski definition) is 8. The first kappa shape index (κ1) is 59.8. The molecule has 9 rings (SSSR count). The number of H-pyrrole nitrogens is 1. The SMILES string of the molecule is C[C@H](NC(=O)[C@H](CCC(N)=O)NC(=O)[C@@H]1CC[C@@H]2CCN(C(=O)C[C@H]3CC[C@@H](Cc4ccc5c(c4)n(C)c(=O)n5C4CCC(=O)NC4=O)CC3)C[C@H](NC(=O)c3cc4cc(C(=O)P(=O)(O)O)ccc4[nH]3)C(=O)N21)c1ccc(S(C)(=O)=O)cc1. The molecule has 6 atom stereocenters. The van der Waals surface area contributed by atoms with E-state index in [1.54, 1.807) is 31.0 Å². The highest BCUT2D eigenvalue weighted by molar-refractivity contribution is 7.90. The molecular weight excluding hydrogens is 1120 g/mol. The summed E-state index contributed by atoms with van der Waals surface area (Å²) in [7, 11) is -6.99. The van der Waals surface area contributed by atoms with Gasteiger partial charge in [0.25, 0.3) is 11.4 Å². The van der Waals surface area contributed by atoms with Crippen molar-refractivity contribution in [2.24, 2.45) is 24.6 Å². The number of fused-ring (bicyclic) bond motifs is 3. The third kappa shape index (κ3) is 13.4. The van der Waals surface area contributed by atoms with Gasteiger partial charge in [0.1, 0.15) is 29.9 Å². The maximum absolute atomic E-state index is 15.1. The Morgan fingerprint density at radius 2 is 1.55 bits per heavy atom. The second kappa shape index (κ2) is 24.2. The van der Waals surface area contributed by atoms with Gasteiger partial charge < -0.3 is 46.3 Å². The highest BCUT2D eigenvalue weighted by Gasteiger charge is 2.46. The topological polar surface area (TPSA) is 369 Å². The third-order valence-electron chi connectivity index (χ3n) is 16.6. The summed E-state index contributed by atoms with van der Waals surface area (Å²) >= 11 is 0. The van der Waals surface area contributed by atoms with Gasteiger partial charge in [-0.2, -0.15) is 0 Å². The summed E-state index contributed by atoms with van der Waals surface area (Å²) in [6.45, 7) is 1.54. The van der Waals surface area contributed by atoms with Crippen LogP contribution in [0.15, 0.2) is 76.4 Å². The number of nitrogens with zero attached hydrogens (tertiary/aromatic N) is 4. The zero-order valence-electron chi connectivity index (χ0n) is 46.0. The van der Waals surface area contributed by atoms with Crippen LogP contribution in [0.5, 0.6) is 0 Å². The van der Waals surface area contributed by atoms with E-state index >= 15 is 4.79 Å². The lowest BCUT2D eigenvalue weighted by atomic mass is 9.78. The molecule has 27 heteroatoms. The van der Waals surface area contributed by atoms with Crippen LogP contribution >= 0.6 is 7.60 Å². The Labute approximate surface area is 476 Å². The quantitative estimate of drug-likeness (QED) is 0.0461. The molecule has 3 aliphatic heterocycles. The van der Waals surface area contributed by atoms with E-state index in [0.29, 0.717) is 28.5 Å². The lowest BCUT2D eigenvalue weighted by Gasteiger charge is -2.39. The molecule has 2 aromatic heterocycles. The molecule has 5 aromatic rings. The van der Waals surface area contributed by atoms with Gasteiger partial charge >= 0.3 is 13.3 Å². The minimum absolute atomic E-state index is 0.00617. The van der Waals surface area contributed by atoms with E-state index in [1.165, 1.54) is 50.4 Å². The number of aromatic nitrogens is 3. The van der Waals surface area contributed by atoms with Gasteiger partial charge in [-0.25, -0.2) is 13.2 Å². The molecule has 3 saturated heterocycles. The number of nitrogens with two attached hydrogens (primary N) is 1. The number of piperidine rings is 1. The number of sulfone groups is 1. The van der Waals surface area contributed by atoms with E-state index in [2.05, 4.69) is 26.3 Å². The first-order valence-corrected chi connectivity index (χ1v) is 31.1. The van der Waals surface area contributed by atoms with Crippen LogP contribution in [0.1, 0.15) is 128 Å². The summed E-state index contributed by atoms with van der Waals surface area (Å²) < 4.78 is 38.8. The number of aromatic amines is 1. The Morgan fingerprint density at radius 3 is 2.23 bits per heavy atom. The van der Waals surface area contributed by atoms with Gasteiger partial charge in [0.05, 0.1) is 22.0 Å². The maximum Gasteiger partial charge on any atom is 0.396 e. The van der Waals surface area contributed by atoms with Gasteiger partial charge in [-0.15, -0.1) is 0 Å². The minimum Gasteiger partial charge on any atom is -0.370 e. The zero-order chi connectivity index (χ0) is 59.8. The van der Waals surface area contributed by atoms with Crippen LogP contribution in [0.2, 0.25) is 0 Å². The molecule has 1 unspecified atom stereocenters. The standard InChI is InChI=1S/C56H67N10O15PS/c1-30(34-9-13-38(14-10-34)83(3,80)81)58-50(70)40(16-20-47(57)67)60-52(72)44-18-12-37-22-23-64(29-42(54(74)65(37)44)61-51(71)41-28-36-27-35(11-15-39(36)59-41)55(75)82(77,78)79)49(69)26-32-6-4-31(5-7-32)24-33-8-17-43-46(25-33)63(2)56(76)66(43)45-19-21-48(68)62-53(45)73/h8-11,13-15,17,25,27-28,30-32,37,40,42,44-45,59H,4-7,12,16,18-24,26,29H2,1-3H3,(H2,57,67)(H,58,70)(H,60,72)(H,61,71)(H,62,68,73)(H2,77,78,79)/t30-,31-,32+,37+,40-,42-,44-,45?/m0/s1. The van der Waals surface area contributed by atoms with Crippen LogP contribution in [0, 0.1) is 11.8 Å². The van der Waals surface area contributed by atoms with Crippen LogP contribution in [0.3, 0.4) is 0 Å². The number of rotatable bonds is 18. The number of amides is 8. The van der Waals surface area contributed by atoms with Crippen molar-refractivity contribution in [3.05, 3.63) is 99.6 Å². The average Bonchev–Trinajstić information content (AvgIpc) is 2.88. The van der Waals surface area contributed by atoms with E-state index in [0.717, 1.165) is 43.9 Å². The fourth-order valence-corrected chi connectivity index (χ4v) is 13.2. The molecule has 25 nitrogen and oxygen atoms in total. The molecular formula is C56H67N10O15PS. The third-order valence-corrected chi connectivity index (χ3v) is 18.6. The molecule has 0 bridgehead atoms. The van der Waals surface area contributed by atoms with Crippen LogP contribution < -0.4 is 32.7 Å². The number of hydrogen-bond acceptors (Lipinski definition) is 13. The van der Waals surface area contributed by atoms with Gasteiger partial charge in [0, 0.05) is 68.2 Å². The van der Waals surface area contributed by atoms with Crippen molar-refractivity contribution in [2.45, 2.75) is 132 Å². The monoisotopic (exact) mass is 1180 g/mol. The number of primary amides is 1. The predicted molar refractivity (Wildman–Crippen MR) is 300 cm³/mol. The largest absolute Gasteiger partial charge is 0.396 e. The maximum atomic E-state index is 15.1. The van der Waals surface area contributed by atoms with Crippen LogP contribution in [0.4, 0.5) is 0 Å². The first-order chi connectivity index (χ1) is 39.2. The van der Waals surface area contributed by atoms with E-state index in [9.17, 15) is 65.9 Å². The molecule has 0 radical (unpaired) electrons. The van der Waals surface area contributed by atoms with Gasteiger partial charge in [-0.3, -0.25) is 62.2 Å². The predicted octanol–water partition coefficient (Wildman–Crippen LogP) is 2.28. The second-order valence-corrected chi connectivity index (χ2v) is 25.9. The Morgan fingerprint density at radius 1 is 0.843 bits per heavy atom. The van der Waals surface area contributed by atoms with Crippen LogP contribution in [0.25, 0.3) is 21.9 Å². The number of carbonyl (C=O) groups is 9. The van der Waals surface area contributed by atoms with Gasteiger partial charge in [0.2, 0.25) is 41.4 Å². The molecule has 3 aromatic carbocycles. The summed E-state index contributed by atoms with van der Waals surface area (Å²) in [5.74, 6) is -4.44. The number of benzene rings is 3. The summed E-state index contributed by atoms with van der Waals surface area (Å²) in [6.07, 6.45) is 5.67. The zero-order valence-corrected chi connectivity index (χ0v) is 47.7. The van der Waals surface area contributed by atoms with Gasteiger partial charge in [0.15, 0.2) is 9.84 Å². The highest BCUT2D eigenvalue weighted by Crippen LogP contribution is 2.40. The smallest absolute Gasteiger partial charge is 0.370 e. The van der Waals surface area contributed by atoms with Crippen LogP contribution in [-0.2, 0) is 61.4 Å². The Bertz CT molecular complexity index is 3670. The highest BCUT2D eigenvalue weighted by atomic mass is 32.2. The van der Waals surface area contributed by atoms with E-state index < -0.39 is 94.7 Å². The van der Waals surface area contributed by atoms with Crippen LogP contribution in [-0.4, -0.2) is 138 Å². The molecule has 4 fully saturated rings. The summed E-state index contributed by atoms with van der Waals surface area (Å²) in [6, 6.07) is 10.8. The minimum atomic E-state index is -5.14. The van der Waals surface area contributed by atoms with Crippen molar-refractivity contribution in [3.63, 3.8) is 0 Å². The molecule has 83 heavy (non-hydrogen) atoms. The number of imidazole rings is 1. The van der Waals surface area contributed by atoms with Crippen molar-refractivity contribution in [3.8, 4) is 0 Å². The van der Waals surface area contributed by atoms with Crippen molar-refractivity contribution in [1.29, 1.82) is 0 Å². The molecule has 9 N–H and O–H groups in total. The van der Waals surface area contributed by atoms with Crippen molar-refractivity contribution < 1.29 is 65.9 Å². The van der Waals surface area contributed by atoms with Gasteiger partial charge in [-0.05, 0) is 143 Å². The summed E-state index contributed by atoms with van der Waals surface area (Å²) in [5.41, 5.74) is 6.48. The van der Waals surface area contributed by atoms with E-state index in [1.807, 2.05) is 18.2 Å². The second-order valence-electron chi connectivity index (χ2n) is 22.4. The number of carbonyl (C=O) groups excluding carboxylic acids is 9. The average molecular weight is 1180 g/mol. The van der Waals surface area contributed by atoms with Crippen molar-refractivity contribution in [1.82, 2.24) is 45.2 Å². The Kier molecular flexibility index (Phi) is 17.4.